The molecule has 0 N–H and O–H groups in total. The van der Waals surface area contributed by atoms with Crippen LogP contribution in [0.4, 0.5) is 17.6 Å². The van der Waals surface area contributed by atoms with E-state index in [1.165, 1.54) is 44.0 Å². The summed E-state index contributed by atoms with van der Waals surface area (Å²) in [6.07, 6.45) is 8.57. The molecule has 0 spiro atoms. The molecule has 3 aliphatic rings. The van der Waals surface area contributed by atoms with Gasteiger partial charge in [0.25, 0.3) is 20.0 Å². The first-order valence-electron chi connectivity index (χ1n) is 26.7. The average Bonchev–Trinajstić information content (AvgIpc) is 2.98. The van der Waals surface area contributed by atoms with Crippen molar-refractivity contribution in [3.05, 3.63) is 167 Å². The van der Waals surface area contributed by atoms with E-state index in [1.807, 2.05) is 44.4 Å². The molecule has 9 aromatic rings. The van der Waals surface area contributed by atoms with Crippen LogP contribution in [0.1, 0.15) is 70.5 Å². The molecule has 17 nitrogen and oxygen atoms in total. The van der Waals surface area contributed by atoms with Gasteiger partial charge in [-0.05, 0) is 134 Å². The molecule has 438 valence electrons. The summed E-state index contributed by atoms with van der Waals surface area (Å²) in [5, 5.41) is 5.78. The van der Waals surface area contributed by atoms with Crippen LogP contribution >= 0.6 is 0 Å². The van der Waals surface area contributed by atoms with Gasteiger partial charge in [-0.15, -0.1) is 0 Å². The fourth-order valence-corrected chi connectivity index (χ4v) is 15.1. The molecule has 3 aliphatic heterocycles. The van der Waals surface area contributed by atoms with E-state index in [1.54, 1.807) is 64.7 Å². The zero-order valence-corrected chi connectivity index (χ0v) is 49.7. The van der Waals surface area contributed by atoms with E-state index in [-0.39, 0.29) is 37.2 Å². The van der Waals surface area contributed by atoms with Crippen molar-refractivity contribution in [3.63, 3.8) is 0 Å². The topological polar surface area (TPSA) is 184 Å². The van der Waals surface area contributed by atoms with Gasteiger partial charge in [-0.25, -0.2) is 34.2 Å². The molecule has 0 atom stereocenters. The summed E-state index contributed by atoms with van der Waals surface area (Å²) in [6, 6.07) is 18.0. The maximum absolute atomic E-state index is 13.9. The minimum absolute atomic E-state index is 0.0844. The SMILES string of the molecule is Cc1cc(S(=O)(=O)n2cc(C3=CCN(C)CC3)c3cc(F)ccc32)c(C)o1.Cc1cc(S(=O)(=O)n2cc(C3=CCN(C)CC3)c3ccccc32)c(C)o1.Cc1nc(S(=O)(=O)n2nc(C3=CCN(C)CC3)c3cc(C(F)(F)F)ccc32)cn1C. The number of para-hydroxylation sites is 1. The molecule has 0 aliphatic carbocycles. The third kappa shape index (κ3) is 11.4. The lowest BCUT2D eigenvalue weighted by Gasteiger charge is -2.21. The van der Waals surface area contributed by atoms with Crippen LogP contribution < -0.4 is 0 Å². The van der Waals surface area contributed by atoms with Gasteiger partial charge in [-0.3, -0.25) is 0 Å². The number of halogens is 4. The van der Waals surface area contributed by atoms with Crippen LogP contribution in [-0.4, -0.2) is 127 Å². The third-order valence-electron chi connectivity index (χ3n) is 15.3. The first-order valence-corrected chi connectivity index (χ1v) is 31.0. The molecule has 12 rings (SSSR count). The molecule has 0 amide bonds. The van der Waals surface area contributed by atoms with Crippen molar-refractivity contribution < 1.29 is 51.6 Å². The normalized spacial score (nSPS) is 16.2. The molecule has 0 saturated heterocycles. The van der Waals surface area contributed by atoms with E-state index in [2.05, 4.69) is 44.0 Å². The maximum atomic E-state index is 13.9. The van der Waals surface area contributed by atoms with Crippen LogP contribution in [0, 0.1) is 40.4 Å². The Morgan fingerprint density at radius 3 is 1.51 bits per heavy atom. The number of furan rings is 2. The molecule has 24 heteroatoms. The zero-order valence-electron chi connectivity index (χ0n) is 47.3. The number of rotatable bonds is 9. The number of hydrogen-bond donors (Lipinski definition) is 0. The fourth-order valence-electron chi connectivity index (χ4n) is 10.6. The lowest BCUT2D eigenvalue weighted by atomic mass is 9.99. The number of aryl methyl sites for hydroxylation is 6. The number of fused-ring (bicyclic) bond motifs is 3. The molecule has 0 unspecified atom stereocenters. The number of hydrogen-bond acceptors (Lipinski definition) is 13. The Hall–Kier alpha value is -7.35. The highest BCUT2D eigenvalue weighted by Crippen LogP contribution is 2.39. The monoisotopic (exact) mass is 1200 g/mol. The summed E-state index contributed by atoms with van der Waals surface area (Å²) < 4.78 is 149. The number of benzene rings is 3. The van der Waals surface area contributed by atoms with Gasteiger partial charge < -0.3 is 28.1 Å². The van der Waals surface area contributed by atoms with Gasteiger partial charge in [-0.1, -0.05) is 36.4 Å². The number of likely N-dealkylation sites (N-methyl/N-ethyl adjacent to an activating group) is 3. The Kier molecular flexibility index (Phi) is 15.8. The van der Waals surface area contributed by atoms with E-state index in [0.717, 1.165) is 89.0 Å². The fraction of sp³-hybridized carbons (Fsp3) is 0.322. The predicted molar refractivity (Wildman–Crippen MR) is 311 cm³/mol. The molecule has 6 aromatic heterocycles. The lowest BCUT2D eigenvalue weighted by Crippen LogP contribution is -2.24. The molecule has 0 radical (unpaired) electrons. The average molecular weight is 1200 g/mol. The van der Waals surface area contributed by atoms with E-state index in [0.29, 0.717) is 64.8 Å². The van der Waals surface area contributed by atoms with Gasteiger partial charge in [0, 0.05) is 104 Å². The highest BCUT2D eigenvalue weighted by molar-refractivity contribution is 7.90. The molecule has 0 bridgehead atoms. The molecule has 0 fully saturated rings. The minimum atomic E-state index is -4.55. The number of imidazole rings is 1. The summed E-state index contributed by atoms with van der Waals surface area (Å²) in [6.45, 7) is 13.3. The van der Waals surface area contributed by atoms with Crippen LogP contribution in [0.15, 0.2) is 133 Å². The molecule has 0 saturated carbocycles. The standard InChI is InChI=1S/C20H21FN2O3S.C20H22N2O3S.C19H20F3N5O2S/c1-13-10-20(14(2)26-13)27(24,25)23-12-18(15-6-8-22(3)9-7-15)17-11-16(21)4-5-19(17)23;1-14-12-20(15(2)25-14)26(23,24)22-13-18(16-8-10-21(3)11-9-16)17-6-4-5-7-19(17)22;1-12-23-17(11-26(12)3)30(28,29)27-16-5-4-14(19(20,21)22)10-15(16)18(24-27)13-6-8-25(2)9-7-13/h4-6,10-12H,7-9H2,1-3H3;4-8,12-13H,9-11H2,1-3H3;4-6,10-11H,7-9H2,1-3H3. The van der Waals surface area contributed by atoms with Gasteiger partial charge in [0.05, 0.1) is 27.8 Å². The second-order valence-corrected chi connectivity index (χ2v) is 26.6. The van der Waals surface area contributed by atoms with Gasteiger partial charge >= 0.3 is 16.2 Å². The highest BCUT2D eigenvalue weighted by atomic mass is 32.2. The zero-order chi connectivity index (χ0) is 59.7. The Morgan fingerprint density at radius 2 is 1.04 bits per heavy atom. The Bertz CT molecular complexity index is 4440. The van der Waals surface area contributed by atoms with E-state index in [4.69, 9.17) is 8.83 Å². The van der Waals surface area contributed by atoms with Crippen LogP contribution in [0.2, 0.25) is 0 Å². The van der Waals surface area contributed by atoms with E-state index in [9.17, 15) is 42.8 Å². The van der Waals surface area contributed by atoms with Gasteiger partial charge in [0.2, 0.25) is 0 Å². The third-order valence-corrected chi connectivity index (χ3v) is 20.3. The summed E-state index contributed by atoms with van der Waals surface area (Å²) in [7, 11) is -4.05. The number of aromatic nitrogens is 6. The summed E-state index contributed by atoms with van der Waals surface area (Å²) in [5.41, 5.74) is 5.37. The van der Waals surface area contributed by atoms with E-state index < -0.39 is 41.8 Å². The number of nitrogens with zero attached hydrogens (tertiary/aromatic N) is 9. The summed E-state index contributed by atoms with van der Waals surface area (Å²) in [4.78, 5) is 10.9. The summed E-state index contributed by atoms with van der Waals surface area (Å²) in [5.74, 6) is 1.99. The first kappa shape index (κ1) is 58.8. The first-order chi connectivity index (χ1) is 39.1. The Morgan fingerprint density at radius 1 is 0.542 bits per heavy atom. The van der Waals surface area contributed by atoms with Crippen molar-refractivity contribution in [1.29, 1.82) is 0 Å². The van der Waals surface area contributed by atoms with Crippen molar-refractivity contribution in [1.82, 2.24) is 41.4 Å². The quantitative estimate of drug-likeness (QED) is 0.125. The van der Waals surface area contributed by atoms with Crippen LogP contribution in [0.3, 0.4) is 0 Å². The van der Waals surface area contributed by atoms with Crippen molar-refractivity contribution in [2.24, 2.45) is 7.05 Å². The highest BCUT2D eigenvalue weighted by Gasteiger charge is 2.34. The van der Waals surface area contributed by atoms with Crippen LogP contribution in [-0.2, 0) is 43.3 Å². The van der Waals surface area contributed by atoms with Gasteiger partial charge in [-0.2, -0.15) is 30.8 Å². The molecule has 3 aromatic carbocycles. The number of alkyl halides is 3. The van der Waals surface area contributed by atoms with Crippen molar-refractivity contribution in [2.75, 3.05) is 60.4 Å². The molecule has 83 heavy (non-hydrogen) atoms. The van der Waals surface area contributed by atoms with Crippen molar-refractivity contribution in [2.45, 2.75) is 74.9 Å². The molecular weight excluding hydrogens is 1130 g/mol. The Balaban J connectivity index is 0.000000139. The van der Waals surface area contributed by atoms with Crippen LogP contribution in [0.25, 0.3) is 49.4 Å². The maximum Gasteiger partial charge on any atom is 0.416 e. The Labute approximate surface area is 479 Å². The second-order valence-electron chi connectivity index (χ2n) is 21.3. The van der Waals surface area contributed by atoms with Crippen LogP contribution in [0.5, 0.6) is 0 Å². The van der Waals surface area contributed by atoms with Crippen molar-refractivity contribution >= 4 is 79.5 Å². The van der Waals surface area contributed by atoms with Gasteiger partial charge in [0.1, 0.15) is 44.5 Å². The lowest BCUT2D eigenvalue weighted by molar-refractivity contribution is -0.137. The predicted octanol–water partition coefficient (Wildman–Crippen LogP) is 10.8. The second kappa shape index (κ2) is 22.3. The van der Waals surface area contributed by atoms with E-state index >= 15 is 0 Å². The summed E-state index contributed by atoms with van der Waals surface area (Å²) >= 11 is 0. The van der Waals surface area contributed by atoms with Gasteiger partial charge in [0.15, 0.2) is 5.03 Å². The van der Waals surface area contributed by atoms with Crippen molar-refractivity contribution in [3.8, 4) is 0 Å². The largest absolute Gasteiger partial charge is 0.465 e. The molecular formula is C59H63F4N9O8S3. The minimum Gasteiger partial charge on any atom is -0.465 e. The smallest absolute Gasteiger partial charge is 0.416 e. The molecule has 9 heterocycles.